The molecule has 0 radical (unpaired) electrons. The van der Waals surface area contributed by atoms with E-state index in [0.717, 1.165) is 18.5 Å². The molecule has 0 spiro atoms. The van der Waals surface area contributed by atoms with Gasteiger partial charge >= 0.3 is 11.9 Å². The molecule has 0 bridgehead atoms. The van der Waals surface area contributed by atoms with Crippen LogP contribution in [-0.2, 0) is 6.18 Å². The van der Waals surface area contributed by atoms with E-state index in [0.29, 0.717) is 10.7 Å². The summed E-state index contributed by atoms with van der Waals surface area (Å²) in [7, 11) is 0. The van der Waals surface area contributed by atoms with Crippen molar-refractivity contribution < 1.29 is 18.1 Å². The summed E-state index contributed by atoms with van der Waals surface area (Å²) in [6, 6.07) is 8.66. The van der Waals surface area contributed by atoms with Crippen molar-refractivity contribution in [1.29, 1.82) is 0 Å². The van der Waals surface area contributed by atoms with Crippen LogP contribution in [-0.4, -0.2) is 14.9 Å². The van der Waals surface area contributed by atoms with E-state index in [1.165, 1.54) is 30.3 Å². The number of nitro groups is 1. The van der Waals surface area contributed by atoms with Crippen molar-refractivity contribution in [3.8, 4) is 0 Å². The van der Waals surface area contributed by atoms with Gasteiger partial charge < -0.3 is 10.6 Å². The van der Waals surface area contributed by atoms with Crippen LogP contribution in [0.4, 0.5) is 41.9 Å². The molecule has 0 saturated carbocycles. The normalized spacial score (nSPS) is 11.2. The summed E-state index contributed by atoms with van der Waals surface area (Å²) < 4.78 is 38.7. The van der Waals surface area contributed by atoms with Crippen LogP contribution in [0, 0.1) is 10.1 Å². The lowest BCUT2D eigenvalue weighted by Crippen LogP contribution is -2.07. The number of hydrogen-bond donors (Lipinski definition) is 2. The maximum Gasteiger partial charge on any atom is 0.416 e. The number of nitrogens with one attached hydrogen (secondary N) is 2. The molecule has 0 aliphatic heterocycles. The molecule has 7 nitrogen and oxygen atoms in total. The van der Waals surface area contributed by atoms with Crippen LogP contribution >= 0.6 is 23.2 Å². The van der Waals surface area contributed by atoms with Gasteiger partial charge in [0.25, 0.3) is 0 Å². The number of anilines is 4. The number of nitrogens with zero attached hydrogens (tertiary/aromatic N) is 3. The molecule has 1 aromatic heterocycles. The van der Waals surface area contributed by atoms with Gasteiger partial charge in [0.1, 0.15) is 6.33 Å². The molecule has 29 heavy (non-hydrogen) atoms. The summed E-state index contributed by atoms with van der Waals surface area (Å²) >= 11 is 11.8. The maximum absolute atomic E-state index is 12.9. The van der Waals surface area contributed by atoms with E-state index in [9.17, 15) is 23.3 Å². The lowest BCUT2D eigenvalue weighted by atomic mass is 10.2. The summed E-state index contributed by atoms with van der Waals surface area (Å²) in [5.41, 5.74) is -1.13. The third-order valence-electron chi connectivity index (χ3n) is 3.64. The first kappa shape index (κ1) is 20.6. The van der Waals surface area contributed by atoms with Gasteiger partial charge in [0.2, 0.25) is 11.6 Å². The van der Waals surface area contributed by atoms with E-state index < -0.39 is 22.4 Å². The number of rotatable bonds is 5. The second-order valence-corrected chi connectivity index (χ2v) is 6.45. The zero-order valence-electron chi connectivity index (χ0n) is 14.2. The smallest absolute Gasteiger partial charge is 0.334 e. The van der Waals surface area contributed by atoms with Crippen molar-refractivity contribution in [1.82, 2.24) is 9.97 Å². The molecule has 0 amide bonds. The first-order chi connectivity index (χ1) is 13.6. The zero-order chi connectivity index (χ0) is 21.2. The molecular formula is C17H10Cl2F3N5O2. The molecule has 0 fully saturated rings. The number of hydrogen-bond acceptors (Lipinski definition) is 6. The summed E-state index contributed by atoms with van der Waals surface area (Å²) in [6.07, 6.45) is -3.53. The van der Waals surface area contributed by atoms with E-state index in [4.69, 9.17) is 23.2 Å². The van der Waals surface area contributed by atoms with Crippen molar-refractivity contribution in [3.63, 3.8) is 0 Å². The third kappa shape index (κ3) is 4.84. The van der Waals surface area contributed by atoms with Crippen LogP contribution in [0.1, 0.15) is 5.56 Å². The lowest BCUT2D eigenvalue weighted by Gasteiger charge is -2.12. The quantitative estimate of drug-likeness (QED) is 0.360. The fraction of sp³-hybridized carbons (Fsp3) is 0.0588. The Morgan fingerprint density at radius 2 is 1.55 bits per heavy atom. The Morgan fingerprint density at radius 1 is 0.931 bits per heavy atom. The van der Waals surface area contributed by atoms with Gasteiger partial charge in [0.05, 0.1) is 20.5 Å². The molecule has 2 aromatic carbocycles. The predicted molar refractivity (Wildman–Crippen MR) is 103 cm³/mol. The summed E-state index contributed by atoms with van der Waals surface area (Å²) in [5.74, 6) is -0.468. The highest BCUT2D eigenvalue weighted by Crippen LogP contribution is 2.36. The maximum atomic E-state index is 12.9. The standard InChI is InChI=1S/C17H10Cl2F3N5O2/c18-12-5-4-11(7-13(12)19)26-16-14(27(28)29)15(23-8-24-16)25-10-3-1-2-9(6-10)17(20,21)22/h1-8H,(H2,23,24,25,26). The van der Waals surface area contributed by atoms with Gasteiger partial charge in [-0.1, -0.05) is 29.3 Å². The van der Waals surface area contributed by atoms with Crippen molar-refractivity contribution in [2.75, 3.05) is 10.6 Å². The van der Waals surface area contributed by atoms with E-state index in [2.05, 4.69) is 20.6 Å². The SMILES string of the molecule is O=[N+]([O-])c1c(Nc2cccc(C(F)(F)F)c2)ncnc1Nc1ccc(Cl)c(Cl)c1. The number of alkyl halides is 3. The fourth-order valence-electron chi connectivity index (χ4n) is 2.36. The largest absolute Gasteiger partial charge is 0.416 e. The van der Waals surface area contributed by atoms with E-state index in [1.807, 2.05) is 0 Å². The minimum atomic E-state index is -4.56. The summed E-state index contributed by atoms with van der Waals surface area (Å²) in [4.78, 5) is 18.5. The Hall–Kier alpha value is -3.11. The van der Waals surface area contributed by atoms with Crippen molar-refractivity contribution in [2.24, 2.45) is 0 Å². The van der Waals surface area contributed by atoms with E-state index in [1.54, 1.807) is 0 Å². The molecule has 2 N–H and O–H groups in total. The monoisotopic (exact) mass is 443 g/mol. The van der Waals surface area contributed by atoms with Crippen molar-refractivity contribution in [3.05, 3.63) is 74.5 Å². The minimum Gasteiger partial charge on any atom is -0.334 e. The molecule has 3 rings (SSSR count). The molecule has 0 unspecified atom stereocenters. The highest BCUT2D eigenvalue weighted by molar-refractivity contribution is 6.42. The Labute approximate surface area is 171 Å². The first-order valence-electron chi connectivity index (χ1n) is 7.81. The van der Waals surface area contributed by atoms with Crippen LogP contribution in [0.3, 0.4) is 0 Å². The highest BCUT2D eigenvalue weighted by Gasteiger charge is 2.31. The van der Waals surface area contributed by atoms with Gasteiger partial charge in [-0.3, -0.25) is 10.1 Å². The van der Waals surface area contributed by atoms with Gasteiger partial charge in [-0.05, 0) is 36.4 Å². The highest BCUT2D eigenvalue weighted by atomic mass is 35.5. The number of halogens is 5. The summed E-state index contributed by atoms with van der Waals surface area (Å²) in [6.45, 7) is 0. The molecule has 1 heterocycles. The van der Waals surface area contributed by atoms with Gasteiger partial charge in [-0.2, -0.15) is 13.2 Å². The Balaban J connectivity index is 1.97. The van der Waals surface area contributed by atoms with Gasteiger partial charge in [0.15, 0.2) is 0 Å². The van der Waals surface area contributed by atoms with Crippen molar-refractivity contribution in [2.45, 2.75) is 6.18 Å². The molecule has 12 heteroatoms. The average molecular weight is 444 g/mol. The third-order valence-corrected chi connectivity index (χ3v) is 4.38. The van der Waals surface area contributed by atoms with Gasteiger partial charge in [0, 0.05) is 11.4 Å². The molecule has 0 atom stereocenters. The Bertz CT molecular complexity index is 1080. The van der Waals surface area contributed by atoms with Crippen LogP contribution in [0.2, 0.25) is 10.0 Å². The Morgan fingerprint density at radius 3 is 2.10 bits per heavy atom. The minimum absolute atomic E-state index is 0.0258. The van der Waals surface area contributed by atoms with Crippen LogP contribution in [0.5, 0.6) is 0 Å². The molecule has 0 saturated heterocycles. The molecular weight excluding hydrogens is 434 g/mol. The van der Waals surface area contributed by atoms with Crippen LogP contribution in [0.15, 0.2) is 48.8 Å². The van der Waals surface area contributed by atoms with Gasteiger partial charge in [-0.15, -0.1) is 0 Å². The molecule has 0 aliphatic rings. The molecule has 3 aromatic rings. The van der Waals surface area contributed by atoms with E-state index in [-0.39, 0.29) is 22.3 Å². The second-order valence-electron chi connectivity index (χ2n) is 5.63. The predicted octanol–water partition coefficient (Wildman–Crippen LogP) is 6.20. The first-order valence-corrected chi connectivity index (χ1v) is 8.56. The topological polar surface area (TPSA) is 93.0 Å². The fourth-order valence-corrected chi connectivity index (χ4v) is 2.65. The van der Waals surface area contributed by atoms with Gasteiger partial charge in [-0.25, -0.2) is 9.97 Å². The summed E-state index contributed by atoms with van der Waals surface area (Å²) in [5, 5.41) is 17.4. The number of benzene rings is 2. The van der Waals surface area contributed by atoms with Crippen LogP contribution in [0.25, 0.3) is 0 Å². The lowest BCUT2D eigenvalue weighted by molar-refractivity contribution is -0.383. The van der Waals surface area contributed by atoms with E-state index >= 15 is 0 Å². The zero-order valence-corrected chi connectivity index (χ0v) is 15.7. The Kier molecular flexibility index (Phi) is 5.76. The average Bonchev–Trinajstić information content (AvgIpc) is 2.64. The molecule has 0 aliphatic carbocycles. The van der Waals surface area contributed by atoms with Crippen molar-refractivity contribution >= 4 is 51.9 Å². The molecule has 150 valence electrons. The second kappa shape index (κ2) is 8.10. The number of aromatic nitrogens is 2. The van der Waals surface area contributed by atoms with Crippen LogP contribution < -0.4 is 10.6 Å².